The molecule has 0 saturated heterocycles. The first-order valence-corrected chi connectivity index (χ1v) is 12.3. The first-order chi connectivity index (χ1) is 16.4. The van der Waals surface area contributed by atoms with Gasteiger partial charge < -0.3 is 15.0 Å². The molecule has 0 fully saturated rings. The average molecular weight is 477 g/mol. The SMILES string of the molecule is CCOC(=O)c1ccc(NC(=O)[C@H]2c3ccccc3C(=O)N(CC(C)C)[C@H]2c2cccs2)cc1. The molecule has 6 nitrogen and oxygen atoms in total. The average Bonchev–Trinajstić information content (AvgIpc) is 3.35. The number of hydrogen-bond donors (Lipinski definition) is 1. The van der Waals surface area contributed by atoms with E-state index in [-0.39, 0.29) is 17.7 Å². The van der Waals surface area contributed by atoms with Crippen molar-refractivity contribution >= 4 is 34.8 Å². The summed E-state index contributed by atoms with van der Waals surface area (Å²) in [5, 5.41) is 4.98. The quantitative estimate of drug-likeness (QED) is 0.457. The standard InChI is InChI=1S/C27H28N2O4S/c1-4-33-27(32)18-11-13-19(14-12-18)28-25(30)23-20-8-5-6-9-21(20)26(31)29(16-17(2)3)24(23)22-10-7-15-34-22/h5-15,17,23-24H,4,16H2,1-3H3,(H,28,30)/t23-,24-/m0/s1. The highest BCUT2D eigenvalue weighted by atomic mass is 32.1. The number of amides is 2. The lowest BCUT2D eigenvalue weighted by Gasteiger charge is -2.42. The van der Waals surface area contributed by atoms with E-state index in [1.807, 2.05) is 40.6 Å². The molecule has 1 N–H and O–H groups in total. The van der Waals surface area contributed by atoms with Crippen LogP contribution in [0.15, 0.2) is 66.0 Å². The fourth-order valence-corrected chi connectivity index (χ4v) is 5.24. The highest BCUT2D eigenvalue weighted by Crippen LogP contribution is 2.45. The van der Waals surface area contributed by atoms with Gasteiger partial charge in [0.05, 0.1) is 24.1 Å². The smallest absolute Gasteiger partial charge is 0.338 e. The first-order valence-electron chi connectivity index (χ1n) is 11.4. The summed E-state index contributed by atoms with van der Waals surface area (Å²) in [5.41, 5.74) is 2.29. The van der Waals surface area contributed by atoms with Crippen molar-refractivity contribution in [3.8, 4) is 0 Å². The van der Waals surface area contributed by atoms with Crippen LogP contribution in [-0.4, -0.2) is 35.8 Å². The predicted molar refractivity (Wildman–Crippen MR) is 133 cm³/mol. The van der Waals surface area contributed by atoms with E-state index in [0.717, 1.165) is 10.4 Å². The maximum atomic E-state index is 13.8. The molecule has 7 heteroatoms. The topological polar surface area (TPSA) is 75.7 Å². The number of thiophene rings is 1. The highest BCUT2D eigenvalue weighted by Gasteiger charge is 2.44. The van der Waals surface area contributed by atoms with Gasteiger partial charge in [0.15, 0.2) is 0 Å². The molecule has 1 aliphatic heterocycles. The lowest BCUT2D eigenvalue weighted by atomic mass is 9.81. The zero-order chi connectivity index (χ0) is 24.2. The van der Waals surface area contributed by atoms with Crippen molar-refractivity contribution in [3.63, 3.8) is 0 Å². The highest BCUT2D eigenvalue weighted by molar-refractivity contribution is 7.10. The second-order valence-electron chi connectivity index (χ2n) is 8.66. The van der Waals surface area contributed by atoms with Crippen molar-refractivity contribution in [2.75, 3.05) is 18.5 Å². The molecule has 0 saturated carbocycles. The Bertz CT molecular complexity index is 1170. The summed E-state index contributed by atoms with van der Waals surface area (Å²) < 4.78 is 5.03. The summed E-state index contributed by atoms with van der Waals surface area (Å²) >= 11 is 1.55. The van der Waals surface area contributed by atoms with E-state index < -0.39 is 17.9 Å². The Morgan fingerprint density at radius 1 is 1.06 bits per heavy atom. The molecule has 1 aliphatic rings. The van der Waals surface area contributed by atoms with Gasteiger partial charge in [0.25, 0.3) is 5.91 Å². The molecular formula is C27H28N2O4S. The monoisotopic (exact) mass is 476 g/mol. The number of rotatable bonds is 7. The van der Waals surface area contributed by atoms with Crippen LogP contribution in [0.3, 0.4) is 0 Å². The second kappa shape index (κ2) is 10.2. The number of carbonyl (C=O) groups excluding carboxylic acids is 3. The van der Waals surface area contributed by atoms with Crippen LogP contribution in [0.1, 0.15) is 63.9 Å². The third-order valence-corrected chi connectivity index (χ3v) is 6.72. The minimum Gasteiger partial charge on any atom is -0.462 e. The van der Waals surface area contributed by atoms with Gasteiger partial charge in [-0.3, -0.25) is 9.59 Å². The first kappa shape index (κ1) is 23.7. The van der Waals surface area contributed by atoms with Crippen molar-refractivity contribution in [3.05, 3.63) is 87.6 Å². The second-order valence-corrected chi connectivity index (χ2v) is 9.64. The van der Waals surface area contributed by atoms with Gasteiger partial charge in [0.2, 0.25) is 5.91 Å². The van der Waals surface area contributed by atoms with E-state index in [1.165, 1.54) is 0 Å². The number of fused-ring (bicyclic) bond motifs is 1. The molecule has 1 aromatic heterocycles. The third kappa shape index (κ3) is 4.75. The third-order valence-electron chi connectivity index (χ3n) is 5.78. The van der Waals surface area contributed by atoms with Gasteiger partial charge >= 0.3 is 5.97 Å². The molecule has 0 spiro atoms. The molecule has 2 heterocycles. The van der Waals surface area contributed by atoms with Crippen molar-refractivity contribution < 1.29 is 19.1 Å². The summed E-state index contributed by atoms with van der Waals surface area (Å²) in [6.07, 6.45) is 0. The van der Waals surface area contributed by atoms with E-state index in [1.54, 1.807) is 48.6 Å². The van der Waals surface area contributed by atoms with E-state index in [0.29, 0.717) is 30.0 Å². The summed E-state index contributed by atoms with van der Waals surface area (Å²) in [5.74, 6) is -0.976. The Labute approximate surface area is 203 Å². The van der Waals surface area contributed by atoms with E-state index >= 15 is 0 Å². The number of nitrogens with zero attached hydrogens (tertiary/aromatic N) is 1. The van der Waals surface area contributed by atoms with Gasteiger partial charge in [0.1, 0.15) is 0 Å². The van der Waals surface area contributed by atoms with Crippen molar-refractivity contribution in [2.45, 2.75) is 32.7 Å². The van der Waals surface area contributed by atoms with Crippen LogP contribution in [-0.2, 0) is 9.53 Å². The van der Waals surface area contributed by atoms with Crippen molar-refractivity contribution in [2.24, 2.45) is 5.92 Å². The molecule has 4 rings (SSSR count). The number of anilines is 1. The van der Waals surface area contributed by atoms with Crippen molar-refractivity contribution in [1.29, 1.82) is 0 Å². The molecule has 2 amide bonds. The molecule has 2 atom stereocenters. The van der Waals surface area contributed by atoms with Gasteiger partial charge in [-0.25, -0.2) is 4.79 Å². The fourth-order valence-electron chi connectivity index (χ4n) is 4.37. The van der Waals surface area contributed by atoms with Crippen LogP contribution in [0.4, 0.5) is 5.69 Å². The lowest BCUT2D eigenvalue weighted by Crippen LogP contribution is -2.47. The maximum absolute atomic E-state index is 13.8. The van der Waals surface area contributed by atoms with Gasteiger partial charge in [0, 0.05) is 22.7 Å². The summed E-state index contributed by atoms with van der Waals surface area (Å²) in [7, 11) is 0. The zero-order valence-electron chi connectivity index (χ0n) is 19.5. The minimum absolute atomic E-state index is 0.0504. The van der Waals surface area contributed by atoms with Crippen LogP contribution in [0, 0.1) is 5.92 Å². The van der Waals surface area contributed by atoms with Crippen molar-refractivity contribution in [1.82, 2.24) is 4.90 Å². The minimum atomic E-state index is -0.573. The number of ether oxygens (including phenoxy) is 1. The number of esters is 1. The molecule has 0 bridgehead atoms. The molecule has 0 unspecified atom stereocenters. The molecule has 34 heavy (non-hydrogen) atoms. The van der Waals surface area contributed by atoms with E-state index in [4.69, 9.17) is 4.74 Å². The summed E-state index contributed by atoms with van der Waals surface area (Å²) in [4.78, 5) is 42.0. The van der Waals surface area contributed by atoms with E-state index in [2.05, 4.69) is 19.2 Å². The van der Waals surface area contributed by atoms with Crippen LogP contribution in [0.25, 0.3) is 0 Å². The Morgan fingerprint density at radius 2 is 1.79 bits per heavy atom. The van der Waals surface area contributed by atoms with Gasteiger partial charge in [-0.05, 0) is 60.2 Å². The number of hydrogen-bond acceptors (Lipinski definition) is 5. The van der Waals surface area contributed by atoms with E-state index in [9.17, 15) is 14.4 Å². The van der Waals surface area contributed by atoms with Crippen LogP contribution in [0.5, 0.6) is 0 Å². The van der Waals surface area contributed by atoms with Crippen LogP contribution >= 0.6 is 11.3 Å². The fraction of sp³-hybridized carbons (Fsp3) is 0.296. The van der Waals surface area contributed by atoms with Gasteiger partial charge in [-0.1, -0.05) is 38.1 Å². The molecule has 3 aromatic rings. The van der Waals surface area contributed by atoms with Gasteiger partial charge in [-0.15, -0.1) is 11.3 Å². The Morgan fingerprint density at radius 3 is 2.44 bits per heavy atom. The van der Waals surface area contributed by atoms with Crippen LogP contribution < -0.4 is 5.32 Å². The van der Waals surface area contributed by atoms with Gasteiger partial charge in [-0.2, -0.15) is 0 Å². The summed E-state index contributed by atoms with van der Waals surface area (Å²) in [6.45, 7) is 6.74. The largest absolute Gasteiger partial charge is 0.462 e. The van der Waals surface area contributed by atoms with Crippen LogP contribution in [0.2, 0.25) is 0 Å². The zero-order valence-corrected chi connectivity index (χ0v) is 20.3. The molecule has 176 valence electrons. The summed E-state index contributed by atoms with van der Waals surface area (Å²) in [6, 6.07) is 17.5. The Kier molecular flexibility index (Phi) is 7.12. The molecular weight excluding hydrogens is 448 g/mol. The molecule has 0 radical (unpaired) electrons. The predicted octanol–water partition coefficient (Wildman–Crippen LogP) is 5.50. The molecule has 2 aromatic carbocycles. The number of nitrogens with one attached hydrogen (secondary N) is 1. The maximum Gasteiger partial charge on any atom is 0.338 e. The Hall–Kier alpha value is -3.45. The Balaban J connectivity index is 1.71. The number of benzene rings is 2. The number of carbonyl (C=O) groups is 3. The molecule has 0 aliphatic carbocycles. The lowest BCUT2D eigenvalue weighted by molar-refractivity contribution is -0.119. The normalized spacial score (nSPS) is 17.4.